The molecule has 0 bridgehead atoms. The van der Waals surface area contributed by atoms with Crippen LogP contribution in [-0.4, -0.2) is 41.5 Å². The normalized spacial score (nSPS) is 15.7. The van der Waals surface area contributed by atoms with Crippen molar-refractivity contribution in [3.05, 3.63) is 56.2 Å². The molecule has 0 radical (unpaired) electrons. The van der Waals surface area contributed by atoms with Gasteiger partial charge in [-0.3, -0.25) is 4.79 Å². The number of halogens is 2. The molecule has 5 rings (SSSR count). The SMILES string of the molecule is CN1CCC(CNc2ccc(-c3nc4c(oc5ccc(Br)cc54)c(=O)[nH]3)c(Cl)c2)CC1. The van der Waals surface area contributed by atoms with E-state index >= 15 is 0 Å². The Kier molecular flexibility index (Phi) is 5.50. The van der Waals surface area contributed by atoms with Gasteiger partial charge in [0.1, 0.15) is 16.9 Å². The fourth-order valence-electron chi connectivity index (χ4n) is 4.10. The van der Waals surface area contributed by atoms with Crippen LogP contribution in [0.2, 0.25) is 5.02 Å². The second-order valence-electron chi connectivity index (χ2n) is 8.16. The van der Waals surface area contributed by atoms with Crippen LogP contribution >= 0.6 is 27.5 Å². The minimum atomic E-state index is -0.326. The smallest absolute Gasteiger partial charge is 0.294 e. The van der Waals surface area contributed by atoms with Gasteiger partial charge in [0.25, 0.3) is 5.56 Å². The Hall–Kier alpha value is -2.35. The number of nitrogens with zero attached hydrogens (tertiary/aromatic N) is 2. The first kappa shape index (κ1) is 20.5. The Labute approximate surface area is 192 Å². The third-order valence-corrected chi connectivity index (χ3v) is 6.75. The number of H-pyrrole nitrogens is 1. The molecular formula is C23H22BrClN4O2. The Balaban J connectivity index is 1.44. The van der Waals surface area contributed by atoms with E-state index in [9.17, 15) is 4.79 Å². The summed E-state index contributed by atoms with van der Waals surface area (Å²) in [6, 6.07) is 11.3. The first-order chi connectivity index (χ1) is 15.0. The lowest BCUT2D eigenvalue weighted by Crippen LogP contribution is -2.32. The van der Waals surface area contributed by atoms with Gasteiger partial charge in [-0.2, -0.15) is 0 Å². The first-order valence-corrected chi connectivity index (χ1v) is 11.5. The van der Waals surface area contributed by atoms with Crippen LogP contribution in [0.4, 0.5) is 5.69 Å². The van der Waals surface area contributed by atoms with E-state index in [-0.39, 0.29) is 11.1 Å². The van der Waals surface area contributed by atoms with E-state index < -0.39 is 0 Å². The van der Waals surface area contributed by atoms with Gasteiger partial charge in [0, 0.05) is 27.7 Å². The third-order valence-electron chi connectivity index (χ3n) is 5.94. The first-order valence-electron chi connectivity index (χ1n) is 10.3. The van der Waals surface area contributed by atoms with Crippen LogP contribution in [0.5, 0.6) is 0 Å². The Bertz CT molecular complexity index is 1320. The average molecular weight is 502 g/mol. The quantitative estimate of drug-likeness (QED) is 0.386. The Morgan fingerprint density at radius 1 is 1.26 bits per heavy atom. The molecule has 1 aliphatic rings. The van der Waals surface area contributed by atoms with E-state index in [1.54, 1.807) is 0 Å². The highest BCUT2D eigenvalue weighted by Gasteiger charge is 2.18. The van der Waals surface area contributed by atoms with Gasteiger partial charge >= 0.3 is 0 Å². The van der Waals surface area contributed by atoms with Crippen molar-refractivity contribution >= 4 is 55.3 Å². The molecule has 0 atom stereocenters. The highest BCUT2D eigenvalue weighted by atomic mass is 79.9. The molecule has 1 aliphatic heterocycles. The molecule has 2 aromatic heterocycles. The molecule has 2 aromatic carbocycles. The topological polar surface area (TPSA) is 74.2 Å². The number of rotatable bonds is 4. The summed E-state index contributed by atoms with van der Waals surface area (Å²) < 4.78 is 6.59. The van der Waals surface area contributed by atoms with Crippen LogP contribution in [0.25, 0.3) is 33.5 Å². The van der Waals surface area contributed by atoms with Crippen molar-refractivity contribution < 1.29 is 4.42 Å². The second kappa shape index (κ2) is 8.30. The van der Waals surface area contributed by atoms with Crippen molar-refractivity contribution in [2.45, 2.75) is 12.8 Å². The number of aromatic amines is 1. The van der Waals surface area contributed by atoms with Gasteiger partial charge in [0.15, 0.2) is 0 Å². The third kappa shape index (κ3) is 4.10. The van der Waals surface area contributed by atoms with E-state index in [1.807, 2.05) is 36.4 Å². The molecule has 1 saturated heterocycles. The maximum Gasteiger partial charge on any atom is 0.294 e. The van der Waals surface area contributed by atoms with Gasteiger partial charge in [0.05, 0.1) is 5.02 Å². The molecule has 6 nitrogen and oxygen atoms in total. The minimum absolute atomic E-state index is 0.212. The minimum Gasteiger partial charge on any atom is -0.449 e. The number of likely N-dealkylation sites (tertiary alicyclic amines) is 1. The maximum atomic E-state index is 12.6. The van der Waals surface area contributed by atoms with Crippen LogP contribution < -0.4 is 10.9 Å². The predicted molar refractivity (Wildman–Crippen MR) is 129 cm³/mol. The monoisotopic (exact) mass is 500 g/mol. The number of aromatic nitrogens is 2. The molecule has 8 heteroatoms. The molecule has 0 unspecified atom stereocenters. The van der Waals surface area contributed by atoms with Gasteiger partial charge in [0.2, 0.25) is 5.58 Å². The van der Waals surface area contributed by atoms with Gasteiger partial charge in [-0.15, -0.1) is 0 Å². The average Bonchev–Trinajstić information content (AvgIpc) is 3.12. The number of hydrogen-bond acceptors (Lipinski definition) is 5. The van der Waals surface area contributed by atoms with Crippen molar-refractivity contribution in [3.63, 3.8) is 0 Å². The van der Waals surface area contributed by atoms with Gasteiger partial charge in [-0.25, -0.2) is 4.98 Å². The van der Waals surface area contributed by atoms with Crippen molar-refractivity contribution in [2.24, 2.45) is 5.92 Å². The molecular weight excluding hydrogens is 480 g/mol. The summed E-state index contributed by atoms with van der Waals surface area (Å²) in [5.41, 5.74) is 2.67. The van der Waals surface area contributed by atoms with E-state index in [1.165, 1.54) is 12.8 Å². The molecule has 4 aromatic rings. The summed E-state index contributed by atoms with van der Waals surface area (Å²) in [6.45, 7) is 3.22. The summed E-state index contributed by atoms with van der Waals surface area (Å²) in [7, 11) is 2.17. The van der Waals surface area contributed by atoms with Gasteiger partial charge in [-0.05, 0) is 75.3 Å². The fraction of sp³-hybridized carbons (Fsp3) is 0.304. The van der Waals surface area contributed by atoms with E-state index in [4.69, 9.17) is 16.0 Å². The predicted octanol–water partition coefficient (Wildman–Crippen LogP) is 5.51. The Morgan fingerprint density at radius 3 is 2.84 bits per heavy atom. The summed E-state index contributed by atoms with van der Waals surface area (Å²) in [5, 5.41) is 4.81. The van der Waals surface area contributed by atoms with E-state index in [0.29, 0.717) is 33.4 Å². The molecule has 160 valence electrons. The van der Waals surface area contributed by atoms with Crippen LogP contribution in [0, 0.1) is 5.92 Å². The van der Waals surface area contributed by atoms with E-state index in [0.717, 1.165) is 35.2 Å². The zero-order chi connectivity index (χ0) is 21.5. The van der Waals surface area contributed by atoms with Crippen molar-refractivity contribution in [3.8, 4) is 11.4 Å². The zero-order valence-electron chi connectivity index (χ0n) is 17.0. The lowest BCUT2D eigenvalue weighted by molar-refractivity contribution is 0.226. The second-order valence-corrected chi connectivity index (χ2v) is 9.48. The van der Waals surface area contributed by atoms with Crippen LogP contribution in [0.1, 0.15) is 12.8 Å². The van der Waals surface area contributed by atoms with Gasteiger partial charge < -0.3 is 19.6 Å². The summed E-state index contributed by atoms with van der Waals surface area (Å²) in [5.74, 6) is 1.09. The molecule has 1 fully saturated rings. The molecule has 3 heterocycles. The number of nitrogens with one attached hydrogen (secondary N) is 2. The highest BCUT2D eigenvalue weighted by Crippen LogP contribution is 2.32. The number of furan rings is 1. The van der Waals surface area contributed by atoms with Gasteiger partial charge in [-0.1, -0.05) is 27.5 Å². The molecule has 0 saturated carbocycles. The molecule has 2 N–H and O–H groups in total. The summed E-state index contributed by atoms with van der Waals surface area (Å²) >= 11 is 10.1. The van der Waals surface area contributed by atoms with Crippen molar-refractivity contribution in [2.75, 3.05) is 32.0 Å². The van der Waals surface area contributed by atoms with Crippen LogP contribution in [-0.2, 0) is 0 Å². The Morgan fingerprint density at radius 2 is 2.06 bits per heavy atom. The zero-order valence-corrected chi connectivity index (χ0v) is 19.4. The van der Waals surface area contributed by atoms with Crippen LogP contribution in [0.3, 0.4) is 0 Å². The largest absolute Gasteiger partial charge is 0.449 e. The lowest BCUT2D eigenvalue weighted by Gasteiger charge is -2.29. The molecule has 31 heavy (non-hydrogen) atoms. The standard InChI is InChI=1S/C23H22BrClN4O2/c1-29-8-6-13(7-9-29)12-26-15-3-4-16(18(25)11-15)22-27-20-17-10-14(24)2-5-19(17)31-21(20)23(30)28-22/h2-5,10-11,13,26H,6-9,12H2,1H3,(H,27,28,30). The summed E-state index contributed by atoms with van der Waals surface area (Å²) in [6.07, 6.45) is 2.41. The van der Waals surface area contributed by atoms with Crippen LogP contribution in [0.15, 0.2) is 50.1 Å². The van der Waals surface area contributed by atoms with E-state index in [2.05, 4.69) is 43.2 Å². The van der Waals surface area contributed by atoms with Crippen molar-refractivity contribution in [1.82, 2.24) is 14.9 Å². The highest BCUT2D eigenvalue weighted by molar-refractivity contribution is 9.10. The number of anilines is 1. The number of hydrogen-bond donors (Lipinski definition) is 2. The maximum absolute atomic E-state index is 12.6. The molecule has 0 amide bonds. The van der Waals surface area contributed by atoms with Crippen molar-refractivity contribution in [1.29, 1.82) is 0 Å². The lowest BCUT2D eigenvalue weighted by atomic mass is 9.97. The number of benzene rings is 2. The summed E-state index contributed by atoms with van der Waals surface area (Å²) in [4.78, 5) is 22.5. The molecule has 0 aliphatic carbocycles. The molecule has 0 spiro atoms. The number of piperidine rings is 1. The fourth-order valence-corrected chi connectivity index (χ4v) is 4.73. The number of fused-ring (bicyclic) bond motifs is 3.